The van der Waals surface area contributed by atoms with E-state index in [1.807, 2.05) is 0 Å². The van der Waals surface area contributed by atoms with Gasteiger partial charge in [-0.1, -0.05) is 84.2 Å². The summed E-state index contributed by atoms with van der Waals surface area (Å²) in [5.74, 6) is 1.83. The maximum atomic E-state index is 4.82. The van der Waals surface area contributed by atoms with Crippen molar-refractivity contribution < 1.29 is 0 Å². The molecule has 2 heterocycles. The zero-order chi connectivity index (χ0) is 29.3. The average Bonchev–Trinajstić information content (AvgIpc) is 3.01. The standard InChI is InChI=1S/C34H44N6S2/c1-25-9-11-29(17-27(25)3)13-15-39-21-35-33(36-22-39)41-19-31-7-5-6-8-32(31)20-42-34-37-23-40(24-38-34)16-14-30-12-10-26(2)28(4)18-30/h5-12,17-18H,13-16,19-24H2,1-4H3,(H,35,36)(H,37,38). The molecule has 2 aliphatic rings. The Bertz CT molecular complexity index is 1310. The summed E-state index contributed by atoms with van der Waals surface area (Å²) in [6.45, 7) is 14.0. The van der Waals surface area contributed by atoms with E-state index in [1.54, 1.807) is 23.5 Å². The van der Waals surface area contributed by atoms with E-state index < -0.39 is 0 Å². The smallest absolute Gasteiger partial charge is 0.159 e. The van der Waals surface area contributed by atoms with Gasteiger partial charge in [-0.2, -0.15) is 0 Å². The van der Waals surface area contributed by atoms with Gasteiger partial charge in [-0.3, -0.25) is 9.80 Å². The van der Waals surface area contributed by atoms with Crippen LogP contribution in [0.15, 0.2) is 70.6 Å². The molecule has 0 saturated carbocycles. The van der Waals surface area contributed by atoms with E-state index in [9.17, 15) is 0 Å². The van der Waals surface area contributed by atoms with Crippen LogP contribution in [0.3, 0.4) is 0 Å². The Balaban J connectivity index is 1.04. The van der Waals surface area contributed by atoms with Crippen LogP contribution in [0.2, 0.25) is 0 Å². The maximum absolute atomic E-state index is 4.82. The number of amidine groups is 2. The lowest BCUT2D eigenvalue weighted by atomic mass is 10.0. The summed E-state index contributed by atoms with van der Waals surface area (Å²) >= 11 is 3.60. The van der Waals surface area contributed by atoms with Crippen LogP contribution in [0.25, 0.3) is 0 Å². The molecule has 0 aromatic heterocycles. The summed E-state index contributed by atoms with van der Waals surface area (Å²) in [7, 11) is 0. The number of aryl methyl sites for hydroxylation is 4. The first-order valence-corrected chi connectivity index (χ1v) is 16.9. The van der Waals surface area contributed by atoms with Crippen LogP contribution in [-0.2, 0) is 24.3 Å². The molecule has 0 aliphatic carbocycles. The molecule has 2 N–H and O–H groups in total. The molecule has 0 radical (unpaired) electrons. The second-order valence-electron chi connectivity index (χ2n) is 11.4. The Morgan fingerprint density at radius 3 is 1.45 bits per heavy atom. The van der Waals surface area contributed by atoms with Gasteiger partial charge >= 0.3 is 0 Å². The number of nitrogens with one attached hydrogen (secondary N) is 2. The minimum atomic E-state index is 0.755. The lowest BCUT2D eigenvalue weighted by molar-refractivity contribution is 0.270. The monoisotopic (exact) mass is 600 g/mol. The molecule has 42 heavy (non-hydrogen) atoms. The highest BCUT2D eigenvalue weighted by molar-refractivity contribution is 8.13. The second-order valence-corrected chi connectivity index (χ2v) is 13.3. The van der Waals surface area contributed by atoms with Crippen LogP contribution >= 0.6 is 23.5 Å². The Morgan fingerprint density at radius 1 is 0.619 bits per heavy atom. The number of rotatable bonds is 10. The van der Waals surface area contributed by atoms with Crippen LogP contribution in [-0.4, -0.2) is 59.9 Å². The number of benzene rings is 3. The first-order valence-electron chi connectivity index (χ1n) is 14.9. The Labute approximate surface area is 260 Å². The Hall–Kier alpha value is -2.78. The van der Waals surface area contributed by atoms with E-state index in [0.29, 0.717) is 0 Å². The van der Waals surface area contributed by atoms with E-state index in [1.165, 1.54) is 44.5 Å². The molecule has 2 aliphatic heterocycles. The van der Waals surface area contributed by atoms with Crippen LogP contribution in [0, 0.1) is 27.7 Å². The number of hydrogen-bond acceptors (Lipinski definition) is 8. The molecule has 3 aromatic rings. The van der Waals surface area contributed by atoms with Gasteiger partial charge < -0.3 is 10.6 Å². The predicted molar refractivity (Wildman–Crippen MR) is 182 cm³/mol. The van der Waals surface area contributed by atoms with Crippen molar-refractivity contribution in [2.45, 2.75) is 52.0 Å². The first kappa shape index (κ1) is 30.7. The van der Waals surface area contributed by atoms with Crippen molar-refractivity contribution >= 4 is 33.9 Å². The van der Waals surface area contributed by atoms with E-state index in [2.05, 4.69) is 109 Å². The molecular formula is C34H44N6S2. The minimum absolute atomic E-state index is 0.755. The Morgan fingerprint density at radius 2 is 1.07 bits per heavy atom. The maximum Gasteiger partial charge on any atom is 0.159 e. The van der Waals surface area contributed by atoms with E-state index in [-0.39, 0.29) is 0 Å². The molecule has 0 amide bonds. The summed E-state index contributed by atoms with van der Waals surface area (Å²) in [4.78, 5) is 14.4. The molecule has 0 bridgehead atoms. The number of aliphatic imine (C=N–C) groups is 2. The van der Waals surface area contributed by atoms with Crippen molar-refractivity contribution in [3.8, 4) is 0 Å². The van der Waals surface area contributed by atoms with Gasteiger partial charge in [0, 0.05) is 24.6 Å². The fourth-order valence-corrected chi connectivity index (χ4v) is 6.79. The SMILES string of the molecule is Cc1ccc(CCN2CN=C(SCc3ccccc3CSC3=NCN(CCc4ccc(C)c(C)c4)CN3)NC2)cc1C. The molecule has 6 nitrogen and oxygen atoms in total. The van der Waals surface area contributed by atoms with E-state index >= 15 is 0 Å². The number of hydrogen-bond donors (Lipinski definition) is 2. The average molecular weight is 601 g/mol. The van der Waals surface area contributed by atoms with Crippen molar-refractivity contribution in [2.75, 3.05) is 39.8 Å². The van der Waals surface area contributed by atoms with Crippen LogP contribution in [0.1, 0.15) is 44.5 Å². The van der Waals surface area contributed by atoms with E-state index in [0.717, 1.165) is 74.4 Å². The molecule has 0 spiro atoms. The van der Waals surface area contributed by atoms with Crippen molar-refractivity contribution in [2.24, 2.45) is 9.98 Å². The zero-order valence-electron chi connectivity index (χ0n) is 25.4. The fraction of sp³-hybridized carbons (Fsp3) is 0.412. The largest absolute Gasteiger partial charge is 0.352 e. The van der Waals surface area contributed by atoms with Gasteiger partial charge in [0.05, 0.1) is 26.7 Å². The highest BCUT2D eigenvalue weighted by atomic mass is 32.2. The number of thioether (sulfide) groups is 2. The third kappa shape index (κ3) is 8.86. The summed E-state index contributed by atoms with van der Waals surface area (Å²) in [6, 6.07) is 22.3. The van der Waals surface area contributed by atoms with Crippen molar-refractivity contribution in [3.05, 3.63) is 105 Å². The molecule has 0 unspecified atom stereocenters. The van der Waals surface area contributed by atoms with Crippen molar-refractivity contribution in [3.63, 3.8) is 0 Å². The van der Waals surface area contributed by atoms with Gasteiger partial charge in [0.25, 0.3) is 0 Å². The highest BCUT2D eigenvalue weighted by Crippen LogP contribution is 2.23. The highest BCUT2D eigenvalue weighted by Gasteiger charge is 2.15. The zero-order valence-corrected chi connectivity index (χ0v) is 27.1. The molecule has 5 rings (SSSR count). The Kier molecular flexibility index (Phi) is 11.0. The normalized spacial score (nSPS) is 16.0. The van der Waals surface area contributed by atoms with Crippen LogP contribution in [0.5, 0.6) is 0 Å². The molecule has 8 heteroatoms. The van der Waals surface area contributed by atoms with E-state index in [4.69, 9.17) is 9.98 Å². The summed E-state index contributed by atoms with van der Waals surface area (Å²) in [5.41, 5.74) is 11.0. The molecule has 0 atom stereocenters. The molecule has 3 aromatic carbocycles. The van der Waals surface area contributed by atoms with Gasteiger partial charge in [-0.25, -0.2) is 9.98 Å². The quantitative estimate of drug-likeness (QED) is 0.288. The van der Waals surface area contributed by atoms with Crippen LogP contribution < -0.4 is 10.6 Å². The molecule has 222 valence electrons. The lowest BCUT2D eigenvalue weighted by Crippen LogP contribution is -2.42. The summed E-state index contributed by atoms with van der Waals surface area (Å²) in [6.07, 6.45) is 2.11. The van der Waals surface area contributed by atoms with Crippen molar-refractivity contribution in [1.82, 2.24) is 20.4 Å². The van der Waals surface area contributed by atoms with Gasteiger partial charge in [-0.15, -0.1) is 0 Å². The lowest BCUT2D eigenvalue weighted by Gasteiger charge is -2.27. The van der Waals surface area contributed by atoms with Gasteiger partial charge in [-0.05, 0) is 85.0 Å². The van der Waals surface area contributed by atoms with Gasteiger partial charge in [0.2, 0.25) is 0 Å². The van der Waals surface area contributed by atoms with Crippen LogP contribution in [0.4, 0.5) is 0 Å². The van der Waals surface area contributed by atoms with Crippen molar-refractivity contribution in [1.29, 1.82) is 0 Å². The second kappa shape index (κ2) is 15.1. The fourth-order valence-electron chi connectivity index (χ4n) is 5.02. The predicted octanol–water partition coefficient (Wildman–Crippen LogP) is 6.22. The third-order valence-electron chi connectivity index (χ3n) is 8.16. The molecule has 0 saturated heterocycles. The topological polar surface area (TPSA) is 55.3 Å². The molecular weight excluding hydrogens is 557 g/mol. The minimum Gasteiger partial charge on any atom is -0.352 e. The summed E-state index contributed by atoms with van der Waals surface area (Å²) < 4.78 is 0. The van der Waals surface area contributed by atoms with Gasteiger partial charge in [0.1, 0.15) is 0 Å². The summed E-state index contributed by atoms with van der Waals surface area (Å²) in [5, 5.41) is 9.14. The number of nitrogens with zero attached hydrogens (tertiary/aromatic N) is 4. The third-order valence-corrected chi connectivity index (χ3v) is 10.2. The molecule has 0 fully saturated rings. The first-order chi connectivity index (χ1) is 20.4. The van der Waals surface area contributed by atoms with Gasteiger partial charge in [0.15, 0.2) is 10.3 Å².